The Morgan fingerprint density at radius 1 is 1.15 bits per heavy atom. The molecule has 0 bridgehead atoms. The first kappa shape index (κ1) is 17.7. The average Bonchev–Trinajstić information content (AvgIpc) is 3.08. The number of carbonyl (C=O) groups is 1. The van der Waals surface area contributed by atoms with Gasteiger partial charge in [-0.15, -0.1) is 0 Å². The van der Waals surface area contributed by atoms with Gasteiger partial charge in [0, 0.05) is 6.07 Å². The van der Waals surface area contributed by atoms with Gasteiger partial charge in [-0.25, -0.2) is 9.07 Å². The third-order valence-corrected chi connectivity index (χ3v) is 3.91. The highest BCUT2D eigenvalue weighted by molar-refractivity contribution is 5.93. The van der Waals surface area contributed by atoms with Gasteiger partial charge in [-0.1, -0.05) is 49.4 Å². The summed E-state index contributed by atoms with van der Waals surface area (Å²) in [7, 11) is 0. The second-order valence-electron chi connectivity index (χ2n) is 5.79. The molecule has 2 aromatic carbocycles. The Morgan fingerprint density at radius 2 is 1.88 bits per heavy atom. The number of rotatable bonds is 7. The molecule has 0 saturated heterocycles. The van der Waals surface area contributed by atoms with Crippen molar-refractivity contribution in [3.8, 4) is 5.75 Å². The van der Waals surface area contributed by atoms with E-state index in [4.69, 9.17) is 4.74 Å². The van der Waals surface area contributed by atoms with Gasteiger partial charge in [-0.05, 0) is 24.1 Å². The van der Waals surface area contributed by atoms with Crippen LogP contribution in [0.25, 0.3) is 0 Å². The Bertz CT molecular complexity index is 864. The minimum absolute atomic E-state index is 0.0623. The minimum Gasteiger partial charge on any atom is -0.478 e. The molecule has 1 N–H and O–H groups in total. The Hall–Kier alpha value is -3.15. The van der Waals surface area contributed by atoms with E-state index >= 15 is 0 Å². The van der Waals surface area contributed by atoms with E-state index in [1.165, 1.54) is 12.1 Å². The lowest BCUT2D eigenvalue weighted by Crippen LogP contribution is -2.33. The van der Waals surface area contributed by atoms with Crippen LogP contribution in [0.2, 0.25) is 0 Å². The number of halogens is 1. The van der Waals surface area contributed by atoms with E-state index in [0.717, 1.165) is 5.56 Å². The van der Waals surface area contributed by atoms with Crippen LogP contribution in [0.1, 0.15) is 18.9 Å². The molecule has 5 nitrogen and oxygen atoms in total. The number of para-hydroxylation sites is 1. The average molecular weight is 353 g/mol. The lowest BCUT2D eigenvalue weighted by molar-refractivity contribution is -0.123. The smallest absolute Gasteiger partial charge is 0.266 e. The van der Waals surface area contributed by atoms with E-state index in [-0.39, 0.29) is 11.7 Å². The molecule has 0 radical (unpaired) electrons. The molecule has 0 aliphatic rings. The summed E-state index contributed by atoms with van der Waals surface area (Å²) in [5.41, 5.74) is 1.07. The fourth-order valence-electron chi connectivity index (χ4n) is 2.54. The number of benzene rings is 2. The number of hydrogen-bond acceptors (Lipinski definition) is 3. The van der Waals surface area contributed by atoms with E-state index in [2.05, 4.69) is 10.4 Å². The van der Waals surface area contributed by atoms with E-state index in [1.807, 2.05) is 37.3 Å². The third-order valence-electron chi connectivity index (χ3n) is 3.91. The van der Waals surface area contributed by atoms with Crippen molar-refractivity contribution >= 4 is 11.7 Å². The molecule has 6 heteroatoms. The molecule has 0 aliphatic heterocycles. The summed E-state index contributed by atoms with van der Waals surface area (Å²) in [6.07, 6.45) is 1.23. The molecule has 134 valence electrons. The zero-order valence-corrected chi connectivity index (χ0v) is 14.4. The zero-order chi connectivity index (χ0) is 18.4. The quantitative estimate of drug-likeness (QED) is 0.702. The summed E-state index contributed by atoms with van der Waals surface area (Å²) in [6, 6.07) is 17.6. The van der Waals surface area contributed by atoms with E-state index in [0.29, 0.717) is 18.8 Å². The van der Waals surface area contributed by atoms with Gasteiger partial charge in [0.25, 0.3) is 5.91 Å². The molecule has 0 fully saturated rings. The van der Waals surface area contributed by atoms with Gasteiger partial charge in [0.15, 0.2) is 17.7 Å². The molecule has 0 saturated carbocycles. The fraction of sp³-hybridized carbons (Fsp3) is 0.200. The summed E-state index contributed by atoms with van der Waals surface area (Å²) in [4.78, 5) is 12.6. The van der Waals surface area contributed by atoms with Crippen LogP contribution in [0.3, 0.4) is 0 Å². The molecule has 0 spiro atoms. The lowest BCUT2D eigenvalue weighted by atomic mass is 10.2. The van der Waals surface area contributed by atoms with Gasteiger partial charge in [0.05, 0.1) is 12.7 Å². The summed E-state index contributed by atoms with van der Waals surface area (Å²) in [5.74, 6) is -0.208. The zero-order valence-electron chi connectivity index (χ0n) is 14.4. The number of nitrogens with one attached hydrogen (secondary N) is 1. The number of ether oxygens (including phenoxy) is 1. The van der Waals surface area contributed by atoms with Crippen LogP contribution in [0.15, 0.2) is 66.9 Å². The van der Waals surface area contributed by atoms with Gasteiger partial charge >= 0.3 is 0 Å². The molecule has 1 amide bonds. The standard InChI is InChI=1S/C20H20FN3O2/c1-2-17(26-18-11-7-6-10-16(18)21)20(25)23-19-12-13-22-24(19)14-15-8-4-3-5-9-15/h3-13,17H,2,14H2,1H3,(H,23,25)/t17-/m1/s1. The SMILES string of the molecule is CC[C@@H](Oc1ccccc1F)C(=O)Nc1ccnn1Cc1ccccc1. The summed E-state index contributed by atoms with van der Waals surface area (Å²) in [5, 5.41) is 7.06. The lowest BCUT2D eigenvalue weighted by Gasteiger charge is -2.18. The van der Waals surface area contributed by atoms with Crippen molar-refractivity contribution in [1.29, 1.82) is 0 Å². The molecule has 1 aromatic heterocycles. The van der Waals surface area contributed by atoms with Crippen LogP contribution >= 0.6 is 0 Å². The van der Waals surface area contributed by atoms with E-state index in [9.17, 15) is 9.18 Å². The second-order valence-corrected chi connectivity index (χ2v) is 5.79. The molecule has 0 aliphatic carbocycles. The van der Waals surface area contributed by atoms with E-state index < -0.39 is 11.9 Å². The van der Waals surface area contributed by atoms with Crippen molar-refractivity contribution in [3.63, 3.8) is 0 Å². The summed E-state index contributed by atoms with van der Waals surface area (Å²) >= 11 is 0. The summed E-state index contributed by atoms with van der Waals surface area (Å²) < 4.78 is 21.0. The van der Waals surface area contributed by atoms with Crippen LogP contribution in [-0.4, -0.2) is 21.8 Å². The highest BCUT2D eigenvalue weighted by Gasteiger charge is 2.21. The third kappa shape index (κ3) is 4.27. The van der Waals surface area contributed by atoms with E-state index in [1.54, 1.807) is 29.1 Å². The maximum Gasteiger partial charge on any atom is 0.266 e. The predicted molar refractivity (Wildman–Crippen MR) is 97.5 cm³/mol. The maximum absolute atomic E-state index is 13.8. The number of aromatic nitrogens is 2. The van der Waals surface area contributed by atoms with Crippen LogP contribution in [-0.2, 0) is 11.3 Å². The van der Waals surface area contributed by atoms with Gasteiger partial charge in [-0.2, -0.15) is 5.10 Å². The Kier molecular flexibility index (Phi) is 5.63. The van der Waals surface area contributed by atoms with Crippen molar-refractivity contribution in [2.45, 2.75) is 26.0 Å². The number of anilines is 1. The van der Waals surface area contributed by atoms with Crippen LogP contribution in [0.5, 0.6) is 5.75 Å². The fourth-order valence-corrected chi connectivity index (χ4v) is 2.54. The first-order chi connectivity index (χ1) is 12.7. The van der Waals surface area contributed by atoms with Crippen LogP contribution in [0.4, 0.5) is 10.2 Å². The van der Waals surface area contributed by atoms with Crippen molar-refractivity contribution in [2.24, 2.45) is 0 Å². The highest BCUT2D eigenvalue weighted by atomic mass is 19.1. The molecule has 3 rings (SSSR count). The van der Waals surface area contributed by atoms with Crippen LogP contribution < -0.4 is 10.1 Å². The molecular formula is C20H20FN3O2. The first-order valence-electron chi connectivity index (χ1n) is 8.45. The summed E-state index contributed by atoms with van der Waals surface area (Å²) in [6.45, 7) is 2.35. The number of hydrogen-bond donors (Lipinski definition) is 1. The normalized spacial score (nSPS) is 11.8. The number of amides is 1. The van der Waals surface area contributed by atoms with Crippen molar-refractivity contribution in [3.05, 3.63) is 78.2 Å². The molecular weight excluding hydrogens is 333 g/mol. The molecule has 1 heterocycles. The largest absolute Gasteiger partial charge is 0.478 e. The van der Waals surface area contributed by atoms with Crippen molar-refractivity contribution in [1.82, 2.24) is 9.78 Å². The Labute approximate surface area is 151 Å². The topological polar surface area (TPSA) is 56.1 Å². The number of carbonyl (C=O) groups excluding carboxylic acids is 1. The predicted octanol–water partition coefficient (Wildman–Crippen LogP) is 3.87. The van der Waals surface area contributed by atoms with Gasteiger partial charge in [0.1, 0.15) is 5.82 Å². The number of nitrogens with zero attached hydrogens (tertiary/aromatic N) is 2. The van der Waals surface area contributed by atoms with Crippen molar-refractivity contribution < 1.29 is 13.9 Å². The monoisotopic (exact) mass is 353 g/mol. The van der Waals surface area contributed by atoms with Gasteiger partial charge in [-0.3, -0.25) is 4.79 Å². The Morgan fingerprint density at radius 3 is 2.62 bits per heavy atom. The molecule has 3 aromatic rings. The van der Waals surface area contributed by atoms with Crippen molar-refractivity contribution in [2.75, 3.05) is 5.32 Å². The molecule has 26 heavy (non-hydrogen) atoms. The van der Waals surface area contributed by atoms with Crippen LogP contribution in [0, 0.1) is 5.82 Å². The first-order valence-corrected chi connectivity index (χ1v) is 8.45. The molecule has 1 atom stereocenters. The minimum atomic E-state index is -0.799. The highest BCUT2D eigenvalue weighted by Crippen LogP contribution is 2.19. The van der Waals surface area contributed by atoms with Gasteiger partial charge in [0.2, 0.25) is 0 Å². The Balaban J connectivity index is 1.69. The van der Waals surface area contributed by atoms with Gasteiger partial charge < -0.3 is 10.1 Å². The molecule has 0 unspecified atom stereocenters. The maximum atomic E-state index is 13.8. The second kappa shape index (κ2) is 8.29.